The molecule has 1 fully saturated rings. The standard InChI is InChI=1S/C4H8N2.2K/c1-2-6-4-3-5-1;;/h1-4H2;;/q-2;2*+1. The molecule has 0 radical (unpaired) electrons. The van der Waals surface area contributed by atoms with E-state index in [0.29, 0.717) is 0 Å². The molecule has 4 heteroatoms. The summed E-state index contributed by atoms with van der Waals surface area (Å²) in [7, 11) is 0. The fraction of sp³-hybridized carbons (Fsp3) is 1.00. The van der Waals surface area contributed by atoms with Crippen LogP contribution in [0, 0.1) is 0 Å². The van der Waals surface area contributed by atoms with Crippen LogP contribution in [-0.2, 0) is 0 Å². The van der Waals surface area contributed by atoms with Crippen LogP contribution < -0.4 is 103 Å². The summed E-state index contributed by atoms with van der Waals surface area (Å²) in [5, 5.41) is 8.17. The Labute approximate surface area is 136 Å². The van der Waals surface area contributed by atoms with E-state index in [1.54, 1.807) is 0 Å². The van der Waals surface area contributed by atoms with E-state index in [0.717, 1.165) is 26.2 Å². The summed E-state index contributed by atoms with van der Waals surface area (Å²) < 4.78 is 0. The van der Waals surface area contributed by atoms with Gasteiger partial charge in [0.2, 0.25) is 0 Å². The van der Waals surface area contributed by atoms with Crippen molar-refractivity contribution in [3.8, 4) is 0 Å². The topological polar surface area (TPSA) is 28.2 Å². The van der Waals surface area contributed by atoms with Gasteiger partial charge in [-0.2, -0.15) is 26.2 Å². The molecule has 0 saturated carbocycles. The van der Waals surface area contributed by atoms with Crippen molar-refractivity contribution in [3.63, 3.8) is 0 Å². The van der Waals surface area contributed by atoms with Crippen molar-refractivity contribution in [2.24, 2.45) is 0 Å². The minimum absolute atomic E-state index is 0. The van der Waals surface area contributed by atoms with Gasteiger partial charge in [-0.15, -0.1) is 0 Å². The molecule has 0 aromatic heterocycles. The van der Waals surface area contributed by atoms with Crippen LogP contribution >= 0.6 is 0 Å². The van der Waals surface area contributed by atoms with Gasteiger partial charge >= 0.3 is 103 Å². The molecular weight excluding hydrogens is 154 g/mol. The van der Waals surface area contributed by atoms with E-state index in [1.807, 2.05) is 0 Å². The molecule has 0 bridgehead atoms. The first kappa shape index (κ1) is 13.8. The van der Waals surface area contributed by atoms with Crippen LogP contribution in [0.2, 0.25) is 0 Å². The van der Waals surface area contributed by atoms with Gasteiger partial charge in [0.05, 0.1) is 0 Å². The van der Waals surface area contributed by atoms with E-state index in [1.165, 1.54) is 0 Å². The summed E-state index contributed by atoms with van der Waals surface area (Å²) in [6, 6.07) is 0. The monoisotopic (exact) mass is 162 g/mol. The van der Waals surface area contributed by atoms with Crippen molar-refractivity contribution >= 4 is 0 Å². The number of rotatable bonds is 0. The number of piperazine rings is 1. The van der Waals surface area contributed by atoms with Crippen LogP contribution in [0.5, 0.6) is 0 Å². The molecule has 0 atom stereocenters. The maximum absolute atomic E-state index is 4.08. The minimum atomic E-state index is 0. The number of hydrogen-bond donors (Lipinski definition) is 0. The Bertz CT molecular complexity index is 27.5. The first-order valence-corrected chi connectivity index (χ1v) is 2.26. The Morgan fingerprint density at radius 1 is 0.625 bits per heavy atom. The van der Waals surface area contributed by atoms with Gasteiger partial charge in [0.25, 0.3) is 0 Å². The second-order valence-corrected chi connectivity index (χ2v) is 1.34. The van der Waals surface area contributed by atoms with Crippen molar-refractivity contribution < 1.29 is 103 Å². The molecule has 0 aliphatic carbocycles. The summed E-state index contributed by atoms with van der Waals surface area (Å²) in [5.74, 6) is 0. The predicted molar refractivity (Wildman–Crippen MR) is 26.2 cm³/mol. The van der Waals surface area contributed by atoms with Gasteiger partial charge in [-0.3, -0.25) is 0 Å². The zero-order chi connectivity index (χ0) is 4.24. The normalized spacial score (nSPS) is 18.0. The quantitative estimate of drug-likeness (QED) is 0.319. The Hall–Kier alpha value is 3.19. The van der Waals surface area contributed by atoms with Crippen LogP contribution in [0.4, 0.5) is 0 Å². The van der Waals surface area contributed by atoms with E-state index >= 15 is 0 Å². The van der Waals surface area contributed by atoms with Crippen molar-refractivity contribution in [3.05, 3.63) is 10.6 Å². The molecule has 0 aromatic carbocycles. The summed E-state index contributed by atoms with van der Waals surface area (Å²) in [4.78, 5) is 0. The third-order valence-corrected chi connectivity index (χ3v) is 0.832. The largest absolute Gasteiger partial charge is 1.00 e. The Kier molecular flexibility index (Phi) is 17.5. The first-order chi connectivity index (χ1) is 3.00. The molecule has 1 aliphatic heterocycles. The molecule has 0 amide bonds. The first-order valence-electron chi connectivity index (χ1n) is 2.26. The summed E-state index contributed by atoms with van der Waals surface area (Å²) in [5.41, 5.74) is 0. The van der Waals surface area contributed by atoms with E-state index in [2.05, 4.69) is 10.6 Å². The zero-order valence-corrected chi connectivity index (χ0v) is 12.0. The van der Waals surface area contributed by atoms with E-state index in [9.17, 15) is 0 Å². The van der Waals surface area contributed by atoms with Crippen LogP contribution in [0.3, 0.4) is 0 Å². The Morgan fingerprint density at radius 2 is 0.875 bits per heavy atom. The molecule has 36 valence electrons. The molecule has 1 heterocycles. The van der Waals surface area contributed by atoms with Gasteiger partial charge in [-0.25, -0.2) is 0 Å². The average molecular weight is 162 g/mol. The fourth-order valence-corrected chi connectivity index (χ4v) is 0.506. The molecule has 0 unspecified atom stereocenters. The maximum atomic E-state index is 4.08. The fourth-order valence-electron chi connectivity index (χ4n) is 0.506. The van der Waals surface area contributed by atoms with Crippen molar-refractivity contribution in [2.75, 3.05) is 26.2 Å². The molecule has 0 N–H and O–H groups in total. The molecule has 0 spiro atoms. The Balaban J connectivity index is 0. The minimum Gasteiger partial charge on any atom is -0.665 e. The molecule has 8 heavy (non-hydrogen) atoms. The smallest absolute Gasteiger partial charge is 0.665 e. The molecule has 0 aromatic rings. The van der Waals surface area contributed by atoms with Gasteiger partial charge < -0.3 is 10.6 Å². The molecule has 1 saturated heterocycles. The third kappa shape index (κ3) is 7.30. The molecular formula is C4H8K2N2. The number of hydrogen-bond acceptors (Lipinski definition) is 0. The van der Waals surface area contributed by atoms with E-state index in [4.69, 9.17) is 0 Å². The zero-order valence-electron chi connectivity index (χ0n) is 5.72. The van der Waals surface area contributed by atoms with Crippen molar-refractivity contribution in [1.82, 2.24) is 0 Å². The van der Waals surface area contributed by atoms with Gasteiger partial charge in [0.1, 0.15) is 0 Å². The molecule has 2 nitrogen and oxygen atoms in total. The summed E-state index contributed by atoms with van der Waals surface area (Å²) in [6.45, 7) is 3.83. The molecule has 1 aliphatic rings. The van der Waals surface area contributed by atoms with Gasteiger partial charge in [-0.05, 0) is 0 Å². The van der Waals surface area contributed by atoms with Crippen molar-refractivity contribution in [1.29, 1.82) is 0 Å². The third-order valence-electron chi connectivity index (χ3n) is 0.832. The van der Waals surface area contributed by atoms with Crippen molar-refractivity contribution in [2.45, 2.75) is 0 Å². The summed E-state index contributed by atoms with van der Waals surface area (Å²) >= 11 is 0. The van der Waals surface area contributed by atoms with E-state index in [-0.39, 0.29) is 103 Å². The predicted octanol–water partition coefficient (Wildman–Crippen LogP) is -5.24. The average Bonchev–Trinajstić information content (AvgIpc) is 1.72. The van der Waals surface area contributed by atoms with Crippen LogP contribution in [0.1, 0.15) is 0 Å². The van der Waals surface area contributed by atoms with Crippen LogP contribution in [0.25, 0.3) is 10.6 Å². The van der Waals surface area contributed by atoms with Gasteiger partial charge in [-0.1, -0.05) is 0 Å². The second-order valence-electron chi connectivity index (χ2n) is 1.34. The van der Waals surface area contributed by atoms with Crippen LogP contribution in [0.15, 0.2) is 0 Å². The summed E-state index contributed by atoms with van der Waals surface area (Å²) in [6.07, 6.45) is 0. The van der Waals surface area contributed by atoms with Gasteiger partial charge in [0, 0.05) is 0 Å². The molecule has 1 rings (SSSR count). The van der Waals surface area contributed by atoms with Crippen LogP contribution in [-0.4, -0.2) is 26.2 Å². The van der Waals surface area contributed by atoms with E-state index < -0.39 is 0 Å². The second kappa shape index (κ2) is 10.2. The number of nitrogens with zero attached hydrogens (tertiary/aromatic N) is 2. The SMILES string of the molecule is C1C[N-]CC[N-]1.[K+].[K+]. The maximum Gasteiger partial charge on any atom is 1.00 e. The van der Waals surface area contributed by atoms with Gasteiger partial charge in [0.15, 0.2) is 0 Å². The Morgan fingerprint density at radius 3 is 1.00 bits per heavy atom.